The summed E-state index contributed by atoms with van der Waals surface area (Å²) in [5, 5.41) is 5.43. The zero-order valence-corrected chi connectivity index (χ0v) is 13.0. The van der Waals surface area contributed by atoms with Crippen LogP contribution in [0.1, 0.15) is 0 Å². The fraction of sp³-hybridized carbons (Fsp3) is 0.235. The van der Waals surface area contributed by atoms with E-state index in [1.165, 1.54) is 0 Å². The molecule has 0 unspecified atom stereocenters. The summed E-state index contributed by atoms with van der Waals surface area (Å²) >= 11 is 0. The Kier molecular flexibility index (Phi) is 3.84. The number of nitrogens with one attached hydrogen (secondary N) is 2. The fourth-order valence-corrected chi connectivity index (χ4v) is 2.74. The number of benzene rings is 2. The van der Waals surface area contributed by atoms with Gasteiger partial charge in [-0.3, -0.25) is 4.98 Å². The Morgan fingerprint density at radius 1 is 1.04 bits per heavy atom. The van der Waals surface area contributed by atoms with Gasteiger partial charge in [0, 0.05) is 18.8 Å². The lowest BCUT2D eigenvalue weighted by molar-refractivity contribution is 0.122. The van der Waals surface area contributed by atoms with E-state index in [0.717, 1.165) is 16.5 Å². The number of hydrogen-bond donors (Lipinski definition) is 2. The molecule has 0 aliphatic carbocycles. The minimum atomic E-state index is -0.421. The predicted molar refractivity (Wildman–Crippen MR) is 92.9 cm³/mol. The van der Waals surface area contributed by atoms with Gasteiger partial charge in [0.15, 0.2) is 0 Å². The summed E-state index contributed by atoms with van der Waals surface area (Å²) in [6.07, 6.45) is 0. The second kappa shape index (κ2) is 6.29. The van der Waals surface area contributed by atoms with Crippen LogP contribution in [0.4, 0.5) is 17.6 Å². The smallest absolute Gasteiger partial charge is 0.351 e. The van der Waals surface area contributed by atoms with Crippen LogP contribution < -0.4 is 15.9 Å². The molecule has 1 aliphatic rings. The quantitative estimate of drug-likeness (QED) is 0.766. The highest BCUT2D eigenvalue weighted by Crippen LogP contribution is 2.21. The molecular weight excluding hydrogens is 306 g/mol. The molecule has 7 heteroatoms. The third-order valence-corrected chi connectivity index (χ3v) is 3.94. The molecule has 0 spiro atoms. The van der Waals surface area contributed by atoms with Crippen molar-refractivity contribution >= 4 is 28.4 Å². The molecule has 1 aromatic heterocycles. The number of hydrogen-bond acceptors (Lipinski definition) is 6. The van der Waals surface area contributed by atoms with Crippen LogP contribution in [0, 0.1) is 0 Å². The molecule has 0 radical (unpaired) electrons. The monoisotopic (exact) mass is 323 g/mol. The molecule has 2 aromatic carbocycles. The first-order valence-electron chi connectivity index (χ1n) is 7.85. The van der Waals surface area contributed by atoms with Crippen LogP contribution in [-0.2, 0) is 4.74 Å². The van der Waals surface area contributed by atoms with Crippen LogP contribution in [0.25, 0.3) is 10.8 Å². The van der Waals surface area contributed by atoms with Crippen molar-refractivity contribution in [2.45, 2.75) is 0 Å². The number of fused-ring (bicyclic) bond motifs is 1. The Labute approximate surface area is 138 Å². The number of morpholine rings is 1. The molecule has 2 N–H and O–H groups in total. The van der Waals surface area contributed by atoms with Gasteiger partial charge in [-0.05, 0) is 22.9 Å². The third-order valence-electron chi connectivity index (χ3n) is 3.94. The number of nitrogens with zero attached hydrogens (tertiary/aromatic N) is 3. The van der Waals surface area contributed by atoms with Crippen molar-refractivity contribution in [1.82, 2.24) is 15.0 Å². The lowest BCUT2D eigenvalue weighted by Crippen LogP contribution is -2.38. The van der Waals surface area contributed by atoms with E-state index >= 15 is 0 Å². The van der Waals surface area contributed by atoms with E-state index in [-0.39, 0.29) is 0 Å². The third kappa shape index (κ3) is 3.07. The van der Waals surface area contributed by atoms with E-state index in [1.54, 1.807) is 0 Å². The molecule has 0 amide bonds. The predicted octanol–water partition coefficient (Wildman–Crippen LogP) is 1.90. The van der Waals surface area contributed by atoms with Gasteiger partial charge in [0.1, 0.15) is 0 Å². The first-order chi connectivity index (χ1) is 11.8. The van der Waals surface area contributed by atoms with Crippen molar-refractivity contribution in [3.05, 3.63) is 52.9 Å². The van der Waals surface area contributed by atoms with Crippen LogP contribution in [0.2, 0.25) is 0 Å². The first-order valence-corrected chi connectivity index (χ1v) is 7.85. The van der Waals surface area contributed by atoms with Gasteiger partial charge in [-0.15, -0.1) is 0 Å². The summed E-state index contributed by atoms with van der Waals surface area (Å²) in [6.45, 7) is 2.59. The molecule has 0 saturated carbocycles. The summed E-state index contributed by atoms with van der Waals surface area (Å²) in [7, 11) is 0. The maximum absolute atomic E-state index is 11.9. The minimum absolute atomic E-state index is 0.381. The highest BCUT2D eigenvalue weighted by atomic mass is 16.5. The Balaban J connectivity index is 1.63. The number of ether oxygens (including phenoxy) is 1. The van der Waals surface area contributed by atoms with Crippen molar-refractivity contribution < 1.29 is 4.74 Å². The number of aromatic amines is 1. The summed E-state index contributed by atoms with van der Waals surface area (Å²) in [5.41, 5.74) is 0.436. The average Bonchev–Trinajstić information content (AvgIpc) is 2.62. The van der Waals surface area contributed by atoms with E-state index in [9.17, 15) is 4.79 Å². The number of aromatic nitrogens is 3. The van der Waals surface area contributed by atoms with Gasteiger partial charge >= 0.3 is 5.69 Å². The van der Waals surface area contributed by atoms with E-state index in [1.807, 2.05) is 41.3 Å². The first kappa shape index (κ1) is 14.6. The molecule has 3 aromatic rings. The maximum atomic E-state index is 11.9. The largest absolute Gasteiger partial charge is 0.378 e. The molecule has 0 atom stereocenters. The van der Waals surface area contributed by atoms with Gasteiger partial charge < -0.3 is 15.0 Å². The SMILES string of the molecule is O=c1nc(N2CCOCC2)nc(Nc2ccc3ccccc3c2)[nH]1. The maximum Gasteiger partial charge on any atom is 0.351 e. The summed E-state index contributed by atoms with van der Waals surface area (Å²) in [4.78, 5) is 24.8. The lowest BCUT2D eigenvalue weighted by atomic mass is 10.1. The highest BCUT2D eigenvalue weighted by Gasteiger charge is 2.15. The zero-order chi connectivity index (χ0) is 16.4. The van der Waals surface area contributed by atoms with Crippen LogP contribution >= 0.6 is 0 Å². The van der Waals surface area contributed by atoms with Gasteiger partial charge in [0.2, 0.25) is 11.9 Å². The summed E-state index contributed by atoms with van der Waals surface area (Å²) < 4.78 is 5.32. The molecule has 4 rings (SSSR count). The number of H-pyrrole nitrogens is 1. The number of rotatable bonds is 3. The molecular formula is C17H17N5O2. The van der Waals surface area contributed by atoms with Gasteiger partial charge in [0.05, 0.1) is 13.2 Å². The summed E-state index contributed by atoms with van der Waals surface area (Å²) in [5.74, 6) is 0.803. The fourth-order valence-electron chi connectivity index (χ4n) is 2.74. The van der Waals surface area contributed by atoms with Crippen molar-refractivity contribution in [1.29, 1.82) is 0 Å². The Bertz CT molecular complexity index is 918. The molecule has 0 bridgehead atoms. The Morgan fingerprint density at radius 3 is 2.67 bits per heavy atom. The topological polar surface area (TPSA) is 83.1 Å². The second-order valence-corrected chi connectivity index (χ2v) is 5.59. The van der Waals surface area contributed by atoms with Gasteiger partial charge in [-0.2, -0.15) is 9.97 Å². The van der Waals surface area contributed by atoms with Crippen molar-refractivity contribution in [2.75, 3.05) is 36.5 Å². The van der Waals surface area contributed by atoms with Gasteiger partial charge in [0.25, 0.3) is 0 Å². The normalized spacial score (nSPS) is 14.8. The van der Waals surface area contributed by atoms with E-state index in [2.05, 4.69) is 26.3 Å². The van der Waals surface area contributed by atoms with E-state index in [0.29, 0.717) is 38.2 Å². The van der Waals surface area contributed by atoms with Crippen LogP contribution in [-0.4, -0.2) is 41.3 Å². The Morgan fingerprint density at radius 2 is 1.83 bits per heavy atom. The minimum Gasteiger partial charge on any atom is -0.378 e. The standard InChI is InChI=1S/C17H17N5O2/c23-17-20-15(19-16(21-17)22-7-9-24-10-8-22)18-14-6-5-12-3-1-2-4-13(12)11-14/h1-6,11H,7-10H2,(H2,18,19,20,21,23). The molecule has 2 heterocycles. The summed E-state index contributed by atoms with van der Waals surface area (Å²) in [6, 6.07) is 14.1. The van der Waals surface area contributed by atoms with Crippen molar-refractivity contribution in [3.8, 4) is 0 Å². The molecule has 24 heavy (non-hydrogen) atoms. The van der Waals surface area contributed by atoms with E-state index in [4.69, 9.17) is 4.74 Å². The van der Waals surface area contributed by atoms with Crippen LogP contribution in [0.15, 0.2) is 47.3 Å². The van der Waals surface area contributed by atoms with Crippen molar-refractivity contribution in [3.63, 3.8) is 0 Å². The molecule has 1 fully saturated rings. The van der Waals surface area contributed by atoms with Crippen LogP contribution in [0.3, 0.4) is 0 Å². The van der Waals surface area contributed by atoms with Crippen molar-refractivity contribution in [2.24, 2.45) is 0 Å². The molecule has 1 aliphatic heterocycles. The van der Waals surface area contributed by atoms with Gasteiger partial charge in [-0.1, -0.05) is 30.3 Å². The average molecular weight is 323 g/mol. The van der Waals surface area contributed by atoms with Gasteiger partial charge in [-0.25, -0.2) is 4.79 Å². The van der Waals surface area contributed by atoms with E-state index < -0.39 is 5.69 Å². The highest BCUT2D eigenvalue weighted by molar-refractivity contribution is 5.86. The Hall–Kier alpha value is -2.93. The molecule has 122 valence electrons. The zero-order valence-electron chi connectivity index (χ0n) is 13.0. The molecule has 1 saturated heterocycles. The molecule has 7 nitrogen and oxygen atoms in total. The second-order valence-electron chi connectivity index (χ2n) is 5.59. The number of anilines is 3. The van der Waals surface area contributed by atoms with Crippen LogP contribution in [0.5, 0.6) is 0 Å². The lowest BCUT2D eigenvalue weighted by Gasteiger charge is -2.26.